The number of hydrogen-bond donors (Lipinski definition) is 2. The highest BCUT2D eigenvalue weighted by molar-refractivity contribution is 9.10. The Morgan fingerprint density at radius 3 is 2.77 bits per heavy atom. The Balaban J connectivity index is 1.48. The molecule has 3 rings (SSSR count). The zero-order valence-corrected chi connectivity index (χ0v) is 16.3. The van der Waals surface area contributed by atoms with E-state index in [4.69, 9.17) is 4.74 Å². The van der Waals surface area contributed by atoms with Crippen LogP contribution in [0.2, 0.25) is 0 Å². The third kappa shape index (κ3) is 5.44. The van der Waals surface area contributed by atoms with Gasteiger partial charge in [0, 0.05) is 29.7 Å². The molecule has 0 saturated carbocycles. The van der Waals surface area contributed by atoms with Crippen LogP contribution >= 0.6 is 15.9 Å². The molecule has 1 aromatic heterocycles. The minimum Gasteiger partial charge on any atom is -0.439 e. The SMILES string of the molecule is CCN1CCC(NC(=O)Nc2ccc(Oc3cccc(Br)c3)nc2)CC1. The number of carbonyl (C=O) groups excluding carboxylic acids is 1. The fourth-order valence-electron chi connectivity index (χ4n) is 2.91. The lowest BCUT2D eigenvalue weighted by molar-refractivity contribution is 0.203. The summed E-state index contributed by atoms with van der Waals surface area (Å²) in [6.07, 6.45) is 3.56. The van der Waals surface area contributed by atoms with Crippen LogP contribution < -0.4 is 15.4 Å². The fraction of sp³-hybridized carbons (Fsp3) is 0.368. The number of urea groups is 1. The van der Waals surface area contributed by atoms with Gasteiger partial charge in [0.25, 0.3) is 0 Å². The van der Waals surface area contributed by atoms with Crippen molar-refractivity contribution in [3.8, 4) is 11.6 Å². The highest BCUT2D eigenvalue weighted by Gasteiger charge is 2.19. The normalized spacial score (nSPS) is 15.5. The van der Waals surface area contributed by atoms with Gasteiger partial charge < -0.3 is 20.3 Å². The van der Waals surface area contributed by atoms with E-state index in [1.165, 1.54) is 0 Å². The molecule has 2 N–H and O–H groups in total. The Hall–Kier alpha value is -2.12. The van der Waals surface area contributed by atoms with Gasteiger partial charge in [0.2, 0.25) is 5.88 Å². The number of aromatic nitrogens is 1. The average molecular weight is 419 g/mol. The lowest BCUT2D eigenvalue weighted by atomic mass is 10.1. The quantitative estimate of drug-likeness (QED) is 0.761. The molecule has 2 aromatic rings. The lowest BCUT2D eigenvalue weighted by Gasteiger charge is -2.31. The first kappa shape index (κ1) is 18.7. The van der Waals surface area contributed by atoms with Crippen LogP contribution in [-0.4, -0.2) is 41.6 Å². The molecule has 26 heavy (non-hydrogen) atoms. The molecule has 0 atom stereocenters. The van der Waals surface area contributed by atoms with Crippen LogP contribution in [0, 0.1) is 0 Å². The van der Waals surface area contributed by atoms with Gasteiger partial charge in [-0.1, -0.05) is 28.9 Å². The van der Waals surface area contributed by atoms with E-state index in [0.29, 0.717) is 17.3 Å². The first-order valence-corrected chi connectivity index (χ1v) is 9.61. The Labute approximate surface area is 162 Å². The molecule has 1 fully saturated rings. The zero-order chi connectivity index (χ0) is 18.4. The Morgan fingerprint density at radius 2 is 2.12 bits per heavy atom. The van der Waals surface area contributed by atoms with Gasteiger partial charge in [0.1, 0.15) is 5.75 Å². The predicted octanol–water partition coefficient (Wildman–Crippen LogP) is 4.24. The molecule has 1 aromatic carbocycles. The van der Waals surface area contributed by atoms with E-state index < -0.39 is 0 Å². The number of nitrogens with one attached hydrogen (secondary N) is 2. The van der Waals surface area contributed by atoms with Crippen molar-refractivity contribution in [2.75, 3.05) is 25.0 Å². The summed E-state index contributed by atoms with van der Waals surface area (Å²) in [6, 6.07) is 11.1. The lowest BCUT2D eigenvalue weighted by Crippen LogP contribution is -2.45. The van der Waals surface area contributed by atoms with E-state index in [0.717, 1.165) is 36.9 Å². The molecule has 138 valence electrons. The topological polar surface area (TPSA) is 66.5 Å². The van der Waals surface area contributed by atoms with E-state index >= 15 is 0 Å². The monoisotopic (exact) mass is 418 g/mol. The van der Waals surface area contributed by atoms with Crippen molar-refractivity contribution < 1.29 is 9.53 Å². The number of nitrogens with zero attached hydrogens (tertiary/aromatic N) is 2. The second-order valence-electron chi connectivity index (χ2n) is 6.25. The van der Waals surface area contributed by atoms with Crippen molar-refractivity contribution in [3.05, 3.63) is 47.1 Å². The van der Waals surface area contributed by atoms with Gasteiger partial charge in [-0.25, -0.2) is 9.78 Å². The average Bonchev–Trinajstić information content (AvgIpc) is 2.64. The summed E-state index contributed by atoms with van der Waals surface area (Å²) >= 11 is 3.40. The van der Waals surface area contributed by atoms with Gasteiger partial charge in [-0.05, 0) is 43.7 Å². The number of amides is 2. The molecule has 0 radical (unpaired) electrons. The standard InChI is InChI=1S/C19H23BrN4O2/c1-2-24-10-8-15(9-11-24)22-19(25)23-16-6-7-18(21-13-16)26-17-5-3-4-14(20)12-17/h3-7,12-13,15H,2,8-11H2,1H3,(H2,22,23,25). The maximum Gasteiger partial charge on any atom is 0.319 e. The minimum absolute atomic E-state index is 0.192. The van der Waals surface area contributed by atoms with Crippen LogP contribution in [0.1, 0.15) is 19.8 Å². The molecule has 0 unspecified atom stereocenters. The van der Waals surface area contributed by atoms with Crippen LogP contribution in [-0.2, 0) is 0 Å². The summed E-state index contributed by atoms with van der Waals surface area (Å²) in [7, 11) is 0. The maximum absolute atomic E-state index is 12.1. The number of pyridine rings is 1. The Bertz CT molecular complexity index is 731. The predicted molar refractivity (Wildman–Crippen MR) is 106 cm³/mol. The summed E-state index contributed by atoms with van der Waals surface area (Å²) in [6.45, 7) is 5.30. The van der Waals surface area contributed by atoms with E-state index in [1.807, 2.05) is 24.3 Å². The molecule has 2 amide bonds. The van der Waals surface area contributed by atoms with Gasteiger partial charge in [-0.15, -0.1) is 0 Å². The van der Waals surface area contributed by atoms with Gasteiger partial charge in [0.05, 0.1) is 11.9 Å². The number of rotatable bonds is 5. The smallest absolute Gasteiger partial charge is 0.319 e. The largest absolute Gasteiger partial charge is 0.439 e. The number of ether oxygens (including phenoxy) is 1. The molecule has 0 bridgehead atoms. The summed E-state index contributed by atoms with van der Waals surface area (Å²) in [5, 5.41) is 5.86. The van der Waals surface area contributed by atoms with Crippen LogP contribution in [0.15, 0.2) is 47.1 Å². The van der Waals surface area contributed by atoms with Crippen LogP contribution in [0.25, 0.3) is 0 Å². The van der Waals surface area contributed by atoms with E-state index in [2.05, 4.69) is 43.4 Å². The minimum atomic E-state index is -0.192. The molecule has 1 aliphatic rings. The van der Waals surface area contributed by atoms with Crippen molar-refractivity contribution in [1.82, 2.24) is 15.2 Å². The summed E-state index contributed by atoms with van der Waals surface area (Å²) in [4.78, 5) is 18.8. The zero-order valence-electron chi connectivity index (χ0n) is 14.7. The summed E-state index contributed by atoms with van der Waals surface area (Å²) in [5.41, 5.74) is 0.634. The summed E-state index contributed by atoms with van der Waals surface area (Å²) in [5.74, 6) is 1.17. The third-order valence-corrected chi connectivity index (χ3v) is 4.88. The molecular formula is C19H23BrN4O2. The maximum atomic E-state index is 12.1. The van der Waals surface area contributed by atoms with E-state index in [-0.39, 0.29) is 12.1 Å². The number of piperidine rings is 1. The van der Waals surface area contributed by atoms with Gasteiger partial charge in [0.15, 0.2) is 0 Å². The fourth-order valence-corrected chi connectivity index (χ4v) is 3.29. The second-order valence-corrected chi connectivity index (χ2v) is 7.17. The first-order chi connectivity index (χ1) is 12.6. The number of halogens is 1. The number of carbonyl (C=O) groups is 1. The van der Waals surface area contributed by atoms with E-state index in [1.54, 1.807) is 18.3 Å². The number of benzene rings is 1. The van der Waals surface area contributed by atoms with Crippen molar-refractivity contribution in [2.45, 2.75) is 25.8 Å². The molecule has 1 aliphatic heterocycles. The van der Waals surface area contributed by atoms with Crippen LogP contribution in [0.4, 0.5) is 10.5 Å². The Morgan fingerprint density at radius 1 is 1.31 bits per heavy atom. The third-order valence-electron chi connectivity index (χ3n) is 4.38. The molecular weight excluding hydrogens is 396 g/mol. The molecule has 0 aliphatic carbocycles. The van der Waals surface area contributed by atoms with Gasteiger partial charge in [-0.2, -0.15) is 0 Å². The second kappa shape index (κ2) is 9.00. The Kier molecular flexibility index (Phi) is 6.46. The highest BCUT2D eigenvalue weighted by Crippen LogP contribution is 2.23. The van der Waals surface area contributed by atoms with Gasteiger partial charge >= 0.3 is 6.03 Å². The van der Waals surface area contributed by atoms with Crippen molar-refractivity contribution >= 4 is 27.6 Å². The number of hydrogen-bond acceptors (Lipinski definition) is 4. The van der Waals surface area contributed by atoms with Crippen LogP contribution in [0.3, 0.4) is 0 Å². The summed E-state index contributed by atoms with van der Waals surface area (Å²) < 4.78 is 6.63. The first-order valence-electron chi connectivity index (χ1n) is 8.81. The molecule has 2 heterocycles. The van der Waals surface area contributed by atoms with Crippen molar-refractivity contribution in [3.63, 3.8) is 0 Å². The van der Waals surface area contributed by atoms with Crippen molar-refractivity contribution in [1.29, 1.82) is 0 Å². The molecule has 6 nitrogen and oxygen atoms in total. The highest BCUT2D eigenvalue weighted by atomic mass is 79.9. The number of anilines is 1. The molecule has 7 heteroatoms. The van der Waals surface area contributed by atoms with Crippen LogP contribution in [0.5, 0.6) is 11.6 Å². The van der Waals surface area contributed by atoms with Crippen molar-refractivity contribution in [2.24, 2.45) is 0 Å². The molecule has 0 spiro atoms. The van der Waals surface area contributed by atoms with Gasteiger partial charge in [-0.3, -0.25) is 0 Å². The number of likely N-dealkylation sites (tertiary alicyclic amines) is 1. The molecule has 1 saturated heterocycles. The van der Waals surface area contributed by atoms with E-state index in [9.17, 15) is 4.79 Å².